The van der Waals surface area contributed by atoms with E-state index < -0.39 is 11.9 Å². The van der Waals surface area contributed by atoms with Gasteiger partial charge in [-0.05, 0) is 13.8 Å². The third kappa shape index (κ3) is 3150. The van der Waals surface area contributed by atoms with Gasteiger partial charge in [-0.3, -0.25) is 0 Å². The van der Waals surface area contributed by atoms with Crippen molar-refractivity contribution >= 4 is 57.4 Å². The SMILES string of the molecule is CC(=O)[O-].CC(=O)[O-].O.[Sr+2]. The smallest absolute Gasteiger partial charge is 0.550 e. The van der Waals surface area contributed by atoms with Crippen molar-refractivity contribution in [2.45, 2.75) is 13.8 Å². The molecular formula is C4H8O5Sr. The van der Waals surface area contributed by atoms with Gasteiger partial charge in [-0.15, -0.1) is 0 Å². The minimum Gasteiger partial charge on any atom is -0.550 e. The van der Waals surface area contributed by atoms with Crippen LogP contribution in [0.5, 0.6) is 0 Å². The fraction of sp³-hybridized carbons (Fsp3) is 0.500. The first-order chi connectivity index (χ1) is 3.46. The fourth-order valence-electron chi connectivity index (χ4n) is 0. The number of aliphatic carboxylic acids is 2. The first-order valence-corrected chi connectivity index (χ1v) is 1.82. The van der Waals surface area contributed by atoms with Crippen LogP contribution in [0.15, 0.2) is 0 Å². The number of rotatable bonds is 0. The zero-order chi connectivity index (χ0) is 7.15. The fourth-order valence-corrected chi connectivity index (χ4v) is 0. The van der Waals surface area contributed by atoms with Crippen molar-refractivity contribution in [1.82, 2.24) is 0 Å². The van der Waals surface area contributed by atoms with E-state index in [0.717, 1.165) is 13.8 Å². The first-order valence-electron chi connectivity index (χ1n) is 1.82. The molecule has 0 spiro atoms. The molecule has 6 heteroatoms. The van der Waals surface area contributed by atoms with Gasteiger partial charge in [0, 0.05) is 11.9 Å². The maximum Gasteiger partial charge on any atom is 2.00 e. The summed E-state index contributed by atoms with van der Waals surface area (Å²) in [5.74, 6) is -2.17. The van der Waals surface area contributed by atoms with Crippen LogP contribution in [0.25, 0.3) is 0 Å². The summed E-state index contributed by atoms with van der Waals surface area (Å²) in [5.41, 5.74) is 0. The predicted molar refractivity (Wildman–Crippen MR) is 30.7 cm³/mol. The molecule has 0 saturated heterocycles. The predicted octanol–water partition coefficient (Wildman–Crippen LogP) is -3.69. The number of hydrogen-bond acceptors (Lipinski definition) is 4. The Morgan fingerprint density at radius 3 is 1.00 bits per heavy atom. The van der Waals surface area contributed by atoms with E-state index in [2.05, 4.69) is 0 Å². The van der Waals surface area contributed by atoms with Crippen LogP contribution < -0.4 is 10.2 Å². The van der Waals surface area contributed by atoms with Gasteiger partial charge in [0.25, 0.3) is 0 Å². The van der Waals surface area contributed by atoms with Crippen molar-refractivity contribution in [1.29, 1.82) is 0 Å². The second-order valence-corrected chi connectivity index (χ2v) is 0.983. The van der Waals surface area contributed by atoms with Crippen LogP contribution in [-0.2, 0) is 9.59 Å². The van der Waals surface area contributed by atoms with Crippen LogP contribution in [-0.4, -0.2) is 62.9 Å². The molecule has 0 amide bonds. The molecule has 56 valence electrons. The molecule has 2 N–H and O–H groups in total. The minimum absolute atomic E-state index is 0. The Labute approximate surface area is 95.6 Å². The molecule has 5 nitrogen and oxygen atoms in total. The molecule has 0 aliphatic heterocycles. The van der Waals surface area contributed by atoms with Crippen molar-refractivity contribution in [3.8, 4) is 0 Å². The molecule has 0 aromatic rings. The van der Waals surface area contributed by atoms with Gasteiger partial charge in [0.2, 0.25) is 0 Å². The van der Waals surface area contributed by atoms with E-state index >= 15 is 0 Å². The number of hydrogen-bond donors (Lipinski definition) is 0. The Hall–Kier alpha value is 0.381. The van der Waals surface area contributed by atoms with Crippen molar-refractivity contribution in [2.24, 2.45) is 0 Å². The summed E-state index contributed by atoms with van der Waals surface area (Å²) >= 11 is 0. The number of carbonyl (C=O) groups excluding carboxylic acids is 2. The monoisotopic (exact) mass is 224 g/mol. The zero-order valence-electron chi connectivity index (χ0n) is 5.84. The third-order valence-corrected chi connectivity index (χ3v) is 0. The molecule has 0 heterocycles. The Balaban J connectivity index is -0.0000000300. The van der Waals surface area contributed by atoms with E-state index in [1.807, 2.05) is 0 Å². The van der Waals surface area contributed by atoms with Gasteiger partial charge in [-0.2, -0.15) is 0 Å². The Morgan fingerprint density at radius 2 is 1.00 bits per heavy atom. The molecule has 0 aliphatic carbocycles. The van der Waals surface area contributed by atoms with Gasteiger partial charge in [0.1, 0.15) is 0 Å². The second-order valence-electron chi connectivity index (χ2n) is 0.983. The molecule has 0 radical (unpaired) electrons. The molecule has 0 aliphatic rings. The summed E-state index contributed by atoms with van der Waals surface area (Å²) < 4.78 is 0. The summed E-state index contributed by atoms with van der Waals surface area (Å²) in [6.45, 7) is 1.94. The number of carbonyl (C=O) groups is 2. The van der Waals surface area contributed by atoms with E-state index in [0.29, 0.717) is 0 Å². The van der Waals surface area contributed by atoms with E-state index in [-0.39, 0.29) is 51.0 Å². The molecule has 0 fully saturated rings. The topological polar surface area (TPSA) is 112 Å². The van der Waals surface area contributed by atoms with Crippen molar-refractivity contribution < 1.29 is 25.3 Å². The second kappa shape index (κ2) is 16.2. The van der Waals surface area contributed by atoms with Crippen LogP contribution in [0.2, 0.25) is 0 Å². The van der Waals surface area contributed by atoms with E-state index in [1.165, 1.54) is 0 Å². The van der Waals surface area contributed by atoms with Gasteiger partial charge in [0.15, 0.2) is 0 Å². The Bertz CT molecular complexity index is 71.6. The molecule has 0 aromatic heterocycles. The van der Waals surface area contributed by atoms with Crippen molar-refractivity contribution in [2.75, 3.05) is 0 Å². The standard InChI is InChI=1S/2C2H4O2.H2O.Sr/c2*1-2(3)4;;/h2*1H3,(H,3,4);1H2;/q;;;+2/p-2. The van der Waals surface area contributed by atoms with Crippen molar-refractivity contribution in [3.05, 3.63) is 0 Å². The third-order valence-electron chi connectivity index (χ3n) is 0. The Morgan fingerprint density at radius 1 is 1.00 bits per heavy atom. The van der Waals surface area contributed by atoms with Gasteiger partial charge in [0.05, 0.1) is 0 Å². The van der Waals surface area contributed by atoms with Crippen LogP contribution >= 0.6 is 0 Å². The van der Waals surface area contributed by atoms with Crippen LogP contribution in [0.4, 0.5) is 0 Å². The zero-order valence-corrected chi connectivity index (χ0v) is 9.32. The molecule has 0 aromatic carbocycles. The number of carboxylic acids is 2. The summed E-state index contributed by atoms with van der Waals surface area (Å²) in [5, 5.41) is 17.8. The molecule has 0 saturated carbocycles. The van der Waals surface area contributed by atoms with E-state index in [4.69, 9.17) is 19.8 Å². The van der Waals surface area contributed by atoms with Gasteiger partial charge in [-0.25, -0.2) is 0 Å². The summed E-state index contributed by atoms with van der Waals surface area (Å²) in [6, 6.07) is 0. The van der Waals surface area contributed by atoms with Crippen LogP contribution in [0.3, 0.4) is 0 Å². The largest absolute Gasteiger partial charge is 2.00 e. The quantitative estimate of drug-likeness (QED) is 0.394. The van der Waals surface area contributed by atoms with Crippen LogP contribution in [0, 0.1) is 0 Å². The first kappa shape index (κ1) is 22.4. The Kier molecular flexibility index (Phi) is 36.3. The van der Waals surface area contributed by atoms with Gasteiger partial charge < -0.3 is 25.3 Å². The normalized spacial score (nSPS) is 5.00. The maximum absolute atomic E-state index is 8.89. The maximum atomic E-state index is 8.89. The average molecular weight is 224 g/mol. The average Bonchev–Trinajstić information content (AvgIpc) is 1.25. The molecule has 10 heavy (non-hydrogen) atoms. The summed E-state index contributed by atoms with van der Waals surface area (Å²) in [4.78, 5) is 17.8. The summed E-state index contributed by atoms with van der Waals surface area (Å²) in [7, 11) is 0. The molecule has 0 atom stereocenters. The molecular weight excluding hydrogens is 216 g/mol. The minimum atomic E-state index is -1.08. The van der Waals surface area contributed by atoms with Crippen molar-refractivity contribution in [3.63, 3.8) is 0 Å². The molecule has 0 unspecified atom stereocenters. The van der Waals surface area contributed by atoms with Gasteiger partial charge >= 0.3 is 45.5 Å². The molecule has 0 rings (SSSR count). The van der Waals surface area contributed by atoms with E-state index in [1.54, 1.807) is 0 Å². The summed E-state index contributed by atoms with van der Waals surface area (Å²) in [6.07, 6.45) is 0. The number of carboxylic acid groups (broad SMARTS) is 2. The van der Waals surface area contributed by atoms with E-state index in [9.17, 15) is 0 Å². The molecule has 0 bridgehead atoms. The van der Waals surface area contributed by atoms with Gasteiger partial charge in [-0.1, -0.05) is 0 Å². The van der Waals surface area contributed by atoms with Crippen LogP contribution in [0.1, 0.15) is 13.8 Å².